The zero-order chi connectivity index (χ0) is 24.5. The summed E-state index contributed by atoms with van der Waals surface area (Å²) in [6.07, 6.45) is 5.14. The average molecular weight is 482 g/mol. The lowest BCUT2D eigenvalue weighted by atomic mass is 9.45. The van der Waals surface area contributed by atoms with E-state index in [1.165, 1.54) is 40.4 Å². The van der Waals surface area contributed by atoms with Crippen molar-refractivity contribution in [2.75, 3.05) is 13.2 Å². The van der Waals surface area contributed by atoms with Crippen LogP contribution in [0.1, 0.15) is 43.6 Å². The van der Waals surface area contributed by atoms with E-state index in [2.05, 4.69) is 90.1 Å². The highest BCUT2D eigenvalue weighted by molar-refractivity contribution is 5.77. The van der Waals surface area contributed by atoms with Crippen LogP contribution in [0.3, 0.4) is 0 Å². The van der Waals surface area contributed by atoms with Crippen molar-refractivity contribution >= 4 is 23.0 Å². The Morgan fingerprint density at radius 1 is 0.833 bits per heavy atom. The van der Waals surface area contributed by atoms with Gasteiger partial charge in [-0.1, -0.05) is 53.7 Å². The Morgan fingerprint density at radius 3 is 2.06 bits per heavy atom. The van der Waals surface area contributed by atoms with Gasteiger partial charge in [0.1, 0.15) is 30.2 Å². The van der Waals surface area contributed by atoms with Gasteiger partial charge < -0.3 is 4.74 Å². The molecule has 3 aromatic carbocycles. The molecule has 7 rings (SSSR count). The SMILES string of the molecule is O=NCCOC(=O)C12CC3CC(C1)C(c1cccc([NH+](c4ccccc4)c4ccccc4)c1)C(C3)C2. The zero-order valence-corrected chi connectivity index (χ0v) is 20.5. The summed E-state index contributed by atoms with van der Waals surface area (Å²) in [5.74, 6) is 1.99. The van der Waals surface area contributed by atoms with Crippen LogP contribution in [0.15, 0.2) is 90.1 Å². The second-order valence-corrected chi connectivity index (χ2v) is 11.0. The molecule has 0 saturated heterocycles. The van der Waals surface area contributed by atoms with Gasteiger partial charge >= 0.3 is 5.97 Å². The lowest BCUT2D eigenvalue weighted by molar-refractivity contribution is -0.681. The molecule has 4 bridgehead atoms. The molecule has 0 amide bonds. The van der Waals surface area contributed by atoms with Crippen LogP contribution in [0.2, 0.25) is 0 Å². The number of rotatable bonds is 8. The normalized spacial score (nSPS) is 28.2. The number of nitroso groups, excluding NO2 is 1. The average Bonchev–Trinajstić information content (AvgIpc) is 2.90. The molecular weight excluding hydrogens is 448 g/mol. The standard InChI is InChI=1S/C31H32N2O3/c34-30(36-15-14-32-35)31-19-22-16-24(20-31)29(25(17-22)21-31)23-8-7-13-28(18-23)33(26-9-3-1-4-10-26)27-11-5-2-6-12-27/h1-13,18,22,24-25,29H,14-17,19-21H2/p+1. The van der Waals surface area contributed by atoms with Gasteiger partial charge in [0.25, 0.3) is 0 Å². The van der Waals surface area contributed by atoms with Crippen molar-refractivity contribution in [2.24, 2.45) is 28.3 Å². The fraction of sp³-hybridized carbons (Fsp3) is 0.387. The van der Waals surface area contributed by atoms with Crippen molar-refractivity contribution in [3.8, 4) is 0 Å². The maximum atomic E-state index is 13.1. The zero-order valence-electron chi connectivity index (χ0n) is 20.5. The summed E-state index contributed by atoms with van der Waals surface area (Å²) in [6, 6.07) is 30.4. The molecule has 3 aromatic rings. The van der Waals surface area contributed by atoms with Gasteiger partial charge in [-0.05, 0) is 91.7 Å². The number of hydrogen-bond acceptors (Lipinski definition) is 4. The predicted molar refractivity (Wildman–Crippen MR) is 140 cm³/mol. The molecule has 2 unspecified atom stereocenters. The van der Waals surface area contributed by atoms with Crippen molar-refractivity contribution in [1.29, 1.82) is 0 Å². The minimum absolute atomic E-state index is 0.0369. The fourth-order valence-corrected chi connectivity index (χ4v) is 7.76. The van der Waals surface area contributed by atoms with Gasteiger partial charge in [0, 0.05) is 6.07 Å². The molecule has 0 spiro atoms. The van der Waals surface area contributed by atoms with Gasteiger partial charge in [0.15, 0.2) is 0 Å². The van der Waals surface area contributed by atoms with Gasteiger partial charge in [-0.2, -0.15) is 4.91 Å². The van der Waals surface area contributed by atoms with Crippen molar-refractivity contribution in [2.45, 2.75) is 38.0 Å². The maximum Gasteiger partial charge on any atom is 0.312 e. The topological polar surface area (TPSA) is 60.2 Å². The van der Waals surface area contributed by atoms with E-state index in [1.807, 2.05) is 0 Å². The molecule has 0 radical (unpaired) electrons. The lowest BCUT2D eigenvalue weighted by Crippen LogP contribution is -2.96. The number of para-hydroxylation sites is 2. The molecule has 0 aromatic heterocycles. The molecule has 184 valence electrons. The van der Waals surface area contributed by atoms with Gasteiger partial charge in [-0.15, -0.1) is 0 Å². The van der Waals surface area contributed by atoms with Crippen molar-refractivity contribution in [3.63, 3.8) is 0 Å². The molecule has 2 atom stereocenters. The molecule has 0 aliphatic heterocycles. The number of esters is 1. The number of benzene rings is 3. The highest BCUT2D eigenvalue weighted by Gasteiger charge is 2.59. The molecule has 4 fully saturated rings. The molecule has 36 heavy (non-hydrogen) atoms. The van der Waals surface area contributed by atoms with E-state index in [-0.39, 0.29) is 24.5 Å². The quantitative estimate of drug-likeness (QED) is 0.241. The Labute approximate surface area is 212 Å². The number of ether oxygens (including phenoxy) is 1. The van der Waals surface area contributed by atoms with E-state index >= 15 is 0 Å². The van der Waals surface area contributed by atoms with Crippen LogP contribution in [0.25, 0.3) is 0 Å². The summed E-state index contributed by atoms with van der Waals surface area (Å²) < 4.78 is 5.52. The van der Waals surface area contributed by atoms with E-state index in [1.54, 1.807) is 0 Å². The highest BCUT2D eigenvalue weighted by atomic mass is 16.5. The summed E-state index contributed by atoms with van der Waals surface area (Å²) in [5.41, 5.74) is 4.72. The number of carbonyl (C=O) groups is 1. The number of quaternary nitrogens is 1. The third kappa shape index (κ3) is 4.16. The minimum atomic E-state index is -0.362. The fourth-order valence-electron chi connectivity index (χ4n) is 7.76. The van der Waals surface area contributed by atoms with Gasteiger partial charge in [0.05, 0.1) is 5.41 Å². The van der Waals surface area contributed by atoms with E-state index in [0.29, 0.717) is 23.7 Å². The van der Waals surface area contributed by atoms with Crippen LogP contribution in [-0.4, -0.2) is 19.1 Å². The highest BCUT2D eigenvalue weighted by Crippen LogP contribution is 2.65. The van der Waals surface area contributed by atoms with Crippen LogP contribution in [0, 0.1) is 28.1 Å². The van der Waals surface area contributed by atoms with Crippen LogP contribution in [0.4, 0.5) is 17.1 Å². The summed E-state index contributed by atoms with van der Waals surface area (Å²) in [7, 11) is 0. The first-order valence-electron chi connectivity index (χ1n) is 13.2. The van der Waals surface area contributed by atoms with E-state index in [4.69, 9.17) is 4.74 Å². The second-order valence-electron chi connectivity index (χ2n) is 11.0. The van der Waals surface area contributed by atoms with Gasteiger partial charge in [-0.3, -0.25) is 4.79 Å². The summed E-state index contributed by atoms with van der Waals surface area (Å²) in [5, 5.41) is 2.84. The third-order valence-corrected chi connectivity index (χ3v) is 8.81. The van der Waals surface area contributed by atoms with Crippen LogP contribution in [-0.2, 0) is 9.53 Å². The number of hydrogen-bond donors (Lipinski definition) is 1. The molecule has 0 heterocycles. The van der Waals surface area contributed by atoms with E-state index in [0.717, 1.165) is 19.3 Å². The van der Waals surface area contributed by atoms with Crippen LogP contribution >= 0.6 is 0 Å². The van der Waals surface area contributed by atoms with Crippen molar-refractivity contribution in [1.82, 2.24) is 0 Å². The molecular formula is C31H33N2O3+. The number of carbonyl (C=O) groups excluding carboxylic acids is 1. The molecule has 5 nitrogen and oxygen atoms in total. The van der Waals surface area contributed by atoms with Crippen molar-refractivity contribution < 1.29 is 14.4 Å². The Kier molecular flexibility index (Phi) is 6.18. The Bertz CT molecular complexity index is 1170. The Balaban J connectivity index is 1.31. The lowest BCUT2D eigenvalue weighted by Gasteiger charge is -2.59. The molecule has 5 heteroatoms. The summed E-state index contributed by atoms with van der Waals surface area (Å²) in [6.45, 7) is 0.141. The molecule has 4 aliphatic rings. The smallest absolute Gasteiger partial charge is 0.312 e. The van der Waals surface area contributed by atoms with Gasteiger partial charge in [-0.25, -0.2) is 4.90 Å². The molecule has 4 saturated carbocycles. The predicted octanol–water partition coefficient (Wildman–Crippen LogP) is 6.09. The minimum Gasteiger partial charge on any atom is -0.463 e. The number of nitrogens with one attached hydrogen (secondary N) is 1. The van der Waals surface area contributed by atoms with E-state index in [9.17, 15) is 9.70 Å². The summed E-state index contributed by atoms with van der Waals surface area (Å²) >= 11 is 0. The van der Waals surface area contributed by atoms with Gasteiger partial charge in [0.2, 0.25) is 0 Å². The first-order chi connectivity index (χ1) is 17.7. The van der Waals surface area contributed by atoms with Crippen molar-refractivity contribution in [3.05, 3.63) is 95.4 Å². The first-order valence-corrected chi connectivity index (χ1v) is 13.2. The molecule has 1 N–H and O–H groups in total. The summed E-state index contributed by atoms with van der Waals surface area (Å²) in [4.78, 5) is 24.8. The third-order valence-electron chi connectivity index (χ3n) is 8.81. The molecule has 4 aliphatic carbocycles. The Hall–Kier alpha value is -3.31. The van der Waals surface area contributed by atoms with Crippen LogP contribution < -0.4 is 4.90 Å². The monoisotopic (exact) mass is 481 g/mol. The first kappa shape index (κ1) is 23.1. The Morgan fingerprint density at radius 2 is 1.44 bits per heavy atom. The largest absolute Gasteiger partial charge is 0.463 e. The second kappa shape index (κ2) is 9.62. The van der Waals surface area contributed by atoms with E-state index < -0.39 is 0 Å². The maximum absolute atomic E-state index is 13.1. The van der Waals surface area contributed by atoms with Crippen LogP contribution in [0.5, 0.6) is 0 Å². The number of nitrogens with zero attached hydrogens (tertiary/aromatic N) is 1.